The van der Waals surface area contributed by atoms with Gasteiger partial charge in [-0.25, -0.2) is 0 Å². The van der Waals surface area contributed by atoms with Crippen LogP contribution in [0.1, 0.15) is 71.6 Å². The summed E-state index contributed by atoms with van der Waals surface area (Å²) >= 11 is 0. The Bertz CT molecular complexity index is 449. The van der Waals surface area contributed by atoms with Gasteiger partial charge in [0.25, 0.3) is 0 Å². The third kappa shape index (κ3) is 7.90. The van der Waals surface area contributed by atoms with E-state index in [1.165, 1.54) is 25.7 Å². The molecular weight excluding hydrogens is 342 g/mol. The van der Waals surface area contributed by atoms with Crippen LogP contribution in [0.15, 0.2) is 0 Å². The third-order valence-electron chi connectivity index (χ3n) is 6.26. The van der Waals surface area contributed by atoms with Gasteiger partial charge in [0.2, 0.25) is 5.91 Å². The number of hydrogen-bond donors (Lipinski definition) is 1. The molecule has 0 aliphatic heterocycles. The van der Waals surface area contributed by atoms with Gasteiger partial charge in [-0.05, 0) is 63.2 Å². The lowest BCUT2D eigenvalue weighted by molar-refractivity contribution is -0.127. The molecule has 0 spiro atoms. The molecule has 0 unspecified atom stereocenters. The van der Waals surface area contributed by atoms with Crippen molar-refractivity contribution in [1.82, 2.24) is 5.32 Å². The van der Waals surface area contributed by atoms with Gasteiger partial charge in [-0.3, -0.25) is 9.59 Å². The first-order valence-corrected chi connectivity index (χ1v) is 10.9. The van der Waals surface area contributed by atoms with Crippen LogP contribution in [0, 0.1) is 23.7 Å². The lowest BCUT2D eigenvalue weighted by Gasteiger charge is -2.29. The molecule has 1 N–H and O–H groups in total. The van der Waals surface area contributed by atoms with E-state index in [-0.39, 0.29) is 23.8 Å². The third-order valence-corrected chi connectivity index (χ3v) is 6.26. The minimum Gasteiger partial charge on any atom is -0.384 e. The van der Waals surface area contributed by atoms with Crippen molar-refractivity contribution < 1.29 is 19.1 Å². The van der Waals surface area contributed by atoms with Crippen LogP contribution >= 0.6 is 0 Å². The quantitative estimate of drug-likeness (QED) is 0.586. The molecule has 5 nitrogen and oxygen atoms in total. The minimum absolute atomic E-state index is 0.0810. The van der Waals surface area contributed by atoms with Crippen molar-refractivity contribution in [2.45, 2.75) is 77.7 Å². The molecule has 0 aromatic rings. The average Bonchev–Trinajstić information content (AvgIpc) is 2.66. The van der Waals surface area contributed by atoms with Gasteiger partial charge in [-0.1, -0.05) is 13.8 Å². The number of amides is 1. The Hall–Kier alpha value is -0.940. The first-order valence-electron chi connectivity index (χ1n) is 10.9. The van der Waals surface area contributed by atoms with Crippen LogP contribution in [0.2, 0.25) is 0 Å². The molecule has 2 aliphatic rings. The van der Waals surface area contributed by atoms with Crippen LogP contribution in [0.4, 0.5) is 0 Å². The van der Waals surface area contributed by atoms with E-state index in [4.69, 9.17) is 9.47 Å². The fourth-order valence-corrected chi connectivity index (χ4v) is 4.51. The van der Waals surface area contributed by atoms with E-state index in [0.717, 1.165) is 38.9 Å². The molecule has 2 saturated carbocycles. The summed E-state index contributed by atoms with van der Waals surface area (Å²) in [5.41, 5.74) is 0. The number of Topliss-reactive ketones (excluding diaryl/α,β-unsaturated/α-hetero) is 1. The van der Waals surface area contributed by atoms with Crippen molar-refractivity contribution in [3.05, 3.63) is 0 Å². The van der Waals surface area contributed by atoms with E-state index in [9.17, 15) is 9.59 Å². The van der Waals surface area contributed by atoms with Crippen LogP contribution in [0.25, 0.3) is 0 Å². The molecule has 5 heteroatoms. The smallest absolute Gasteiger partial charge is 0.222 e. The van der Waals surface area contributed by atoms with Gasteiger partial charge in [0.1, 0.15) is 5.78 Å². The monoisotopic (exact) mass is 381 g/mol. The molecule has 0 aromatic carbocycles. The largest absolute Gasteiger partial charge is 0.384 e. The van der Waals surface area contributed by atoms with Crippen LogP contribution in [-0.2, 0) is 19.1 Å². The Morgan fingerprint density at radius 2 is 1.52 bits per heavy atom. The molecule has 0 atom stereocenters. The summed E-state index contributed by atoms with van der Waals surface area (Å²) in [5.74, 6) is 2.12. The Labute approximate surface area is 164 Å². The summed E-state index contributed by atoms with van der Waals surface area (Å²) in [5, 5.41) is 3.12. The number of nitrogens with one attached hydrogen (secondary N) is 1. The number of rotatable bonds is 10. The van der Waals surface area contributed by atoms with Crippen molar-refractivity contribution in [3.63, 3.8) is 0 Å². The summed E-state index contributed by atoms with van der Waals surface area (Å²) in [6.45, 7) is 6.10. The highest BCUT2D eigenvalue weighted by atomic mass is 16.5. The minimum atomic E-state index is 0.0810. The van der Waals surface area contributed by atoms with Crippen LogP contribution in [0.5, 0.6) is 0 Å². The molecule has 2 fully saturated rings. The zero-order valence-electron chi connectivity index (χ0n) is 17.5. The average molecular weight is 382 g/mol. The van der Waals surface area contributed by atoms with Gasteiger partial charge < -0.3 is 14.8 Å². The molecule has 2 aliphatic carbocycles. The summed E-state index contributed by atoms with van der Waals surface area (Å²) in [6.07, 6.45) is 8.95. The van der Waals surface area contributed by atoms with Gasteiger partial charge in [0, 0.05) is 44.6 Å². The Morgan fingerprint density at radius 3 is 2.07 bits per heavy atom. The van der Waals surface area contributed by atoms with E-state index in [1.807, 2.05) is 13.8 Å². The van der Waals surface area contributed by atoms with Crippen LogP contribution in [0.3, 0.4) is 0 Å². The van der Waals surface area contributed by atoms with E-state index in [2.05, 4.69) is 5.32 Å². The Kier molecular flexibility index (Phi) is 9.77. The van der Waals surface area contributed by atoms with E-state index >= 15 is 0 Å². The topological polar surface area (TPSA) is 64.6 Å². The highest BCUT2D eigenvalue weighted by molar-refractivity contribution is 5.83. The van der Waals surface area contributed by atoms with E-state index < -0.39 is 0 Å². The van der Waals surface area contributed by atoms with Crippen molar-refractivity contribution in [3.8, 4) is 0 Å². The molecular formula is C22H39NO4. The SMILES string of the molecule is COCC1CCC(COCCC(=O)NC2CCC(C(=O)C(C)C)CC2)CC1. The molecule has 156 valence electrons. The van der Waals surface area contributed by atoms with E-state index in [1.54, 1.807) is 7.11 Å². The maximum absolute atomic E-state index is 12.1. The number of methoxy groups -OCH3 is 1. The number of ketones is 1. The van der Waals surface area contributed by atoms with Gasteiger partial charge >= 0.3 is 0 Å². The predicted octanol–water partition coefficient (Wildman–Crippen LogP) is 3.75. The van der Waals surface area contributed by atoms with Crippen molar-refractivity contribution >= 4 is 11.7 Å². The second-order valence-corrected chi connectivity index (χ2v) is 8.84. The highest BCUT2D eigenvalue weighted by Gasteiger charge is 2.28. The molecule has 27 heavy (non-hydrogen) atoms. The first-order chi connectivity index (χ1) is 13.0. The second kappa shape index (κ2) is 11.8. The fourth-order valence-electron chi connectivity index (χ4n) is 4.51. The predicted molar refractivity (Wildman–Crippen MR) is 106 cm³/mol. The van der Waals surface area contributed by atoms with Crippen LogP contribution in [-0.4, -0.2) is 44.7 Å². The highest BCUT2D eigenvalue weighted by Crippen LogP contribution is 2.29. The molecule has 0 bridgehead atoms. The number of ether oxygens (including phenoxy) is 2. The van der Waals surface area contributed by atoms with Gasteiger partial charge in [-0.15, -0.1) is 0 Å². The lowest BCUT2D eigenvalue weighted by Crippen LogP contribution is -2.39. The van der Waals surface area contributed by atoms with E-state index in [0.29, 0.717) is 30.6 Å². The zero-order valence-corrected chi connectivity index (χ0v) is 17.5. The molecule has 2 rings (SSSR count). The number of hydrogen-bond acceptors (Lipinski definition) is 4. The Balaban J connectivity index is 1.51. The molecule has 0 heterocycles. The maximum atomic E-state index is 12.1. The fraction of sp³-hybridized carbons (Fsp3) is 0.909. The summed E-state index contributed by atoms with van der Waals surface area (Å²) < 4.78 is 11.0. The molecule has 0 radical (unpaired) electrons. The van der Waals surface area contributed by atoms with Crippen molar-refractivity contribution in [1.29, 1.82) is 0 Å². The Morgan fingerprint density at radius 1 is 0.926 bits per heavy atom. The lowest BCUT2D eigenvalue weighted by atomic mass is 9.80. The van der Waals surface area contributed by atoms with Gasteiger partial charge in [-0.2, -0.15) is 0 Å². The molecule has 0 aromatic heterocycles. The number of carbonyl (C=O) groups is 2. The molecule has 0 saturated heterocycles. The first kappa shape index (κ1) is 22.4. The summed E-state index contributed by atoms with van der Waals surface area (Å²) in [4.78, 5) is 24.2. The van der Waals surface area contributed by atoms with Crippen LogP contribution < -0.4 is 5.32 Å². The zero-order chi connectivity index (χ0) is 19.6. The standard InChI is InChI=1S/C22H39NO4/c1-16(2)22(25)19-8-10-20(11-9-19)23-21(24)12-13-27-15-18-6-4-17(5-7-18)14-26-3/h16-20H,4-15H2,1-3H3,(H,23,24). The summed E-state index contributed by atoms with van der Waals surface area (Å²) in [6, 6.07) is 0.227. The van der Waals surface area contributed by atoms with Gasteiger partial charge in [0.05, 0.1) is 6.61 Å². The summed E-state index contributed by atoms with van der Waals surface area (Å²) in [7, 11) is 1.77. The maximum Gasteiger partial charge on any atom is 0.222 e. The molecule has 1 amide bonds. The van der Waals surface area contributed by atoms with Gasteiger partial charge in [0.15, 0.2) is 0 Å². The number of carbonyl (C=O) groups excluding carboxylic acids is 2. The van der Waals surface area contributed by atoms with Crippen molar-refractivity contribution in [2.24, 2.45) is 23.7 Å². The normalized spacial score (nSPS) is 28.9. The van der Waals surface area contributed by atoms with Crippen molar-refractivity contribution in [2.75, 3.05) is 26.9 Å². The second-order valence-electron chi connectivity index (χ2n) is 8.84.